The molecule has 3 rings (SSSR count). The van der Waals surface area contributed by atoms with E-state index < -0.39 is 0 Å². The normalized spacial score (nSPS) is 11.8. The second kappa shape index (κ2) is 8.21. The first-order valence-electron chi connectivity index (χ1n) is 7.96. The van der Waals surface area contributed by atoms with Gasteiger partial charge in [-0.05, 0) is 30.7 Å². The topological polar surface area (TPSA) is 71.8 Å². The number of aromatic nitrogens is 3. The molecule has 26 heavy (non-hydrogen) atoms. The molecule has 0 saturated heterocycles. The lowest BCUT2D eigenvalue weighted by molar-refractivity contribution is 0.237. The number of rotatable bonds is 5. The highest BCUT2D eigenvalue weighted by Gasteiger charge is 2.13. The Balaban J connectivity index is 1.63. The van der Waals surface area contributed by atoms with Gasteiger partial charge in [0.2, 0.25) is 0 Å². The molecule has 1 aromatic carbocycles. The molecule has 134 valence electrons. The summed E-state index contributed by atoms with van der Waals surface area (Å²) in [5, 5.41) is 6.77. The fraction of sp³-hybridized carbons (Fsp3) is 0.167. The van der Waals surface area contributed by atoms with Gasteiger partial charge in [0.1, 0.15) is 12.1 Å². The van der Waals surface area contributed by atoms with E-state index in [1.54, 1.807) is 47.7 Å². The van der Waals surface area contributed by atoms with E-state index in [4.69, 9.17) is 23.2 Å². The van der Waals surface area contributed by atoms with Crippen LogP contribution in [0.1, 0.15) is 24.1 Å². The van der Waals surface area contributed by atoms with Gasteiger partial charge in [-0.15, -0.1) is 0 Å². The molecule has 8 heteroatoms. The van der Waals surface area contributed by atoms with Crippen LogP contribution in [0.3, 0.4) is 0 Å². The highest BCUT2D eigenvalue weighted by atomic mass is 35.5. The molecule has 0 saturated carbocycles. The number of halogens is 2. The zero-order valence-corrected chi connectivity index (χ0v) is 15.5. The van der Waals surface area contributed by atoms with E-state index in [0.717, 1.165) is 16.9 Å². The third-order valence-electron chi connectivity index (χ3n) is 3.83. The molecule has 1 atom stereocenters. The van der Waals surface area contributed by atoms with Crippen molar-refractivity contribution in [3.63, 3.8) is 0 Å². The molecular formula is C18H17Cl2N5O. The van der Waals surface area contributed by atoms with E-state index in [1.807, 2.05) is 19.1 Å². The summed E-state index contributed by atoms with van der Waals surface area (Å²) in [5.74, 6) is 0.721. The minimum atomic E-state index is -0.302. The van der Waals surface area contributed by atoms with Crippen molar-refractivity contribution < 1.29 is 4.79 Å². The number of benzene rings is 1. The van der Waals surface area contributed by atoms with Crippen molar-refractivity contribution in [2.75, 3.05) is 0 Å². The van der Waals surface area contributed by atoms with Gasteiger partial charge in [-0.3, -0.25) is 4.57 Å². The smallest absolute Gasteiger partial charge is 0.315 e. The molecule has 0 unspecified atom stereocenters. The van der Waals surface area contributed by atoms with Crippen LogP contribution < -0.4 is 10.6 Å². The number of amides is 2. The lowest BCUT2D eigenvalue weighted by Crippen LogP contribution is -2.36. The van der Waals surface area contributed by atoms with E-state index in [2.05, 4.69) is 20.6 Å². The Hall–Kier alpha value is -2.57. The standard InChI is InChI=1S/C18H17Cl2N5O/c1-12(15-5-4-14(19)9-16(15)20)24-18(26)23-10-13-3-2-6-22-17(13)25-8-7-21-11-25/h2-9,11-12H,10H2,1H3,(H2,23,24,26)/t12-/m1/s1. The molecule has 0 spiro atoms. The summed E-state index contributed by atoms with van der Waals surface area (Å²) in [4.78, 5) is 20.6. The summed E-state index contributed by atoms with van der Waals surface area (Å²) in [6, 6.07) is 8.36. The van der Waals surface area contributed by atoms with Gasteiger partial charge < -0.3 is 10.6 Å². The molecule has 6 nitrogen and oxygen atoms in total. The van der Waals surface area contributed by atoms with Crippen LogP contribution >= 0.6 is 23.2 Å². The Morgan fingerprint density at radius 1 is 1.27 bits per heavy atom. The molecule has 0 aliphatic carbocycles. The molecule has 2 aromatic heterocycles. The van der Waals surface area contributed by atoms with E-state index in [-0.39, 0.29) is 12.1 Å². The van der Waals surface area contributed by atoms with Gasteiger partial charge in [0, 0.05) is 40.7 Å². The maximum absolute atomic E-state index is 12.2. The number of hydrogen-bond acceptors (Lipinski definition) is 3. The third kappa shape index (κ3) is 4.33. The average Bonchev–Trinajstić information content (AvgIpc) is 3.14. The van der Waals surface area contributed by atoms with Crippen LogP contribution in [-0.4, -0.2) is 20.6 Å². The van der Waals surface area contributed by atoms with Crippen LogP contribution in [0.5, 0.6) is 0 Å². The van der Waals surface area contributed by atoms with Crippen LogP contribution in [-0.2, 0) is 6.54 Å². The molecule has 3 aromatic rings. The first-order chi connectivity index (χ1) is 12.5. The SMILES string of the molecule is C[C@@H](NC(=O)NCc1cccnc1-n1ccnc1)c1ccc(Cl)cc1Cl. The zero-order chi connectivity index (χ0) is 18.5. The van der Waals surface area contributed by atoms with Crippen molar-refractivity contribution in [2.24, 2.45) is 0 Å². The number of imidazole rings is 1. The predicted molar refractivity (Wildman–Crippen MR) is 102 cm³/mol. The number of carbonyl (C=O) groups excluding carboxylic acids is 1. The summed E-state index contributed by atoms with van der Waals surface area (Å²) in [5.41, 5.74) is 1.67. The van der Waals surface area contributed by atoms with Gasteiger partial charge in [-0.1, -0.05) is 35.3 Å². The molecular weight excluding hydrogens is 373 g/mol. The van der Waals surface area contributed by atoms with Crippen LogP contribution in [0.2, 0.25) is 10.0 Å². The van der Waals surface area contributed by atoms with Gasteiger partial charge >= 0.3 is 6.03 Å². The van der Waals surface area contributed by atoms with Gasteiger partial charge in [-0.25, -0.2) is 14.8 Å². The van der Waals surface area contributed by atoms with Crippen LogP contribution in [0.25, 0.3) is 5.82 Å². The van der Waals surface area contributed by atoms with Crippen molar-refractivity contribution in [3.8, 4) is 5.82 Å². The monoisotopic (exact) mass is 389 g/mol. The first-order valence-corrected chi connectivity index (χ1v) is 8.71. The Bertz CT molecular complexity index is 898. The molecule has 2 heterocycles. The quantitative estimate of drug-likeness (QED) is 0.688. The fourth-order valence-electron chi connectivity index (χ4n) is 2.54. The first kappa shape index (κ1) is 18.2. The predicted octanol–water partition coefficient (Wildman–Crippen LogP) is 4.13. The van der Waals surface area contributed by atoms with E-state index in [0.29, 0.717) is 16.6 Å². The lowest BCUT2D eigenvalue weighted by atomic mass is 10.1. The molecule has 0 aliphatic rings. The lowest BCUT2D eigenvalue weighted by Gasteiger charge is -2.17. The molecule has 2 N–H and O–H groups in total. The zero-order valence-electron chi connectivity index (χ0n) is 14.0. The van der Waals surface area contributed by atoms with Gasteiger partial charge in [0.25, 0.3) is 0 Å². The highest BCUT2D eigenvalue weighted by Crippen LogP contribution is 2.26. The fourth-order valence-corrected chi connectivity index (χ4v) is 3.11. The molecule has 0 aliphatic heterocycles. The number of hydrogen-bond donors (Lipinski definition) is 2. The minimum Gasteiger partial charge on any atom is -0.334 e. The third-order valence-corrected chi connectivity index (χ3v) is 4.39. The van der Waals surface area contributed by atoms with Crippen molar-refractivity contribution in [1.29, 1.82) is 0 Å². The maximum Gasteiger partial charge on any atom is 0.315 e. The second-order valence-electron chi connectivity index (χ2n) is 5.67. The number of nitrogens with one attached hydrogen (secondary N) is 2. The van der Waals surface area contributed by atoms with Crippen LogP contribution in [0.15, 0.2) is 55.2 Å². The summed E-state index contributed by atoms with van der Waals surface area (Å²) >= 11 is 12.1. The maximum atomic E-state index is 12.2. The van der Waals surface area contributed by atoms with Crippen molar-refractivity contribution in [3.05, 3.63) is 76.4 Å². The van der Waals surface area contributed by atoms with E-state index in [1.165, 1.54) is 0 Å². The Kier molecular flexibility index (Phi) is 5.75. The molecule has 0 radical (unpaired) electrons. The van der Waals surface area contributed by atoms with Crippen LogP contribution in [0, 0.1) is 0 Å². The number of carbonyl (C=O) groups is 1. The minimum absolute atomic E-state index is 0.262. The van der Waals surface area contributed by atoms with E-state index >= 15 is 0 Å². The summed E-state index contributed by atoms with van der Waals surface area (Å²) in [7, 11) is 0. The van der Waals surface area contributed by atoms with E-state index in [9.17, 15) is 4.79 Å². The Labute approximate surface area is 161 Å². The van der Waals surface area contributed by atoms with Crippen LogP contribution in [0.4, 0.5) is 4.79 Å². The second-order valence-corrected chi connectivity index (χ2v) is 6.51. The van der Waals surface area contributed by atoms with Gasteiger partial charge in [0.15, 0.2) is 0 Å². The summed E-state index contributed by atoms with van der Waals surface area (Å²) in [6.07, 6.45) is 6.84. The van der Waals surface area contributed by atoms with Crippen molar-refractivity contribution in [1.82, 2.24) is 25.2 Å². The number of nitrogens with zero attached hydrogens (tertiary/aromatic N) is 3. The number of urea groups is 1. The molecule has 0 bridgehead atoms. The molecule has 2 amide bonds. The number of pyridine rings is 1. The van der Waals surface area contributed by atoms with Gasteiger partial charge in [0.05, 0.1) is 6.04 Å². The highest BCUT2D eigenvalue weighted by molar-refractivity contribution is 6.35. The van der Waals surface area contributed by atoms with Crippen molar-refractivity contribution >= 4 is 29.2 Å². The Morgan fingerprint density at radius 3 is 2.85 bits per heavy atom. The summed E-state index contributed by atoms with van der Waals surface area (Å²) < 4.78 is 1.80. The Morgan fingerprint density at radius 2 is 2.12 bits per heavy atom. The summed E-state index contributed by atoms with van der Waals surface area (Å²) in [6.45, 7) is 2.18. The molecule has 0 fully saturated rings. The van der Waals surface area contributed by atoms with Gasteiger partial charge in [-0.2, -0.15) is 0 Å². The average molecular weight is 390 g/mol. The van der Waals surface area contributed by atoms with Crippen molar-refractivity contribution in [2.45, 2.75) is 19.5 Å². The largest absolute Gasteiger partial charge is 0.334 e.